The maximum absolute atomic E-state index is 12.9. The maximum Gasteiger partial charge on any atom is 0.251 e. The summed E-state index contributed by atoms with van der Waals surface area (Å²) in [6.07, 6.45) is 1.52. The number of ether oxygens (including phenoxy) is 1. The first kappa shape index (κ1) is 16.1. The van der Waals surface area contributed by atoms with Crippen LogP contribution in [0.1, 0.15) is 12.8 Å². The predicted octanol–water partition coefficient (Wildman–Crippen LogP) is 1.85. The molecule has 3 rings (SSSR count). The van der Waals surface area contributed by atoms with E-state index in [2.05, 4.69) is 5.32 Å². The molecular formula is C16H20FN3O2S. The zero-order valence-corrected chi connectivity index (χ0v) is 13.7. The first-order valence-corrected chi connectivity index (χ1v) is 8.26. The first-order chi connectivity index (χ1) is 11.1. The number of halogens is 1. The molecule has 2 aliphatic rings. The fourth-order valence-electron chi connectivity index (χ4n) is 2.84. The minimum absolute atomic E-state index is 0.0968. The maximum atomic E-state index is 12.9. The van der Waals surface area contributed by atoms with Gasteiger partial charge in [-0.25, -0.2) is 4.39 Å². The predicted molar refractivity (Wildman–Crippen MR) is 89.7 cm³/mol. The third-order valence-corrected chi connectivity index (χ3v) is 4.54. The van der Waals surface area contributed by atoms with E-state index in [1.165, 1.54) is 12.1 Å². The number of rotatable bonds is 2. The van der Waals surface area contributed by atoms with E-state index in [0.29, 0.717) is 37.9 Å². The van der Waals surface area contributed by atoms with E-state index < -0.39 is 0 Å². The van der Waals surface area contributed by atoms with Gasteiger partial charge in [-0.15, -0.1) is 0 Å². The fraction of sp³-hybridized carbons (Fsp3) is 0.500. The quantitative estimate of drug-likeness (QED) is 0.835. The fourth-order valence-corrected chi connectivity index (χ4v) is 3.14. The lowest BCUT2D eigenvalue weighted by molar-refractivity contribution is -0.142. The molecule has 2 fully saturated rings. The van der Waals surface area contributed by atoms with Gasteiger partial charge >= 0.3 is 0 Å². The van der Waals surface area contributed by atoms with Gasteiger partial charge in [-0.2, -0.15) is 0 Å². The summed E-state index contributed by atoms with van der Waals surface area (Å²) < 4.78 is 18.4. The van der Waals surface area contributed by atoms with Crippen molar-refractivity contribution in [2.24, 2.45) is 0 Å². The lowest BCUT2D eigenvalue weighted by atomic mass is 10.2. The van der Waals surface area contributed by atoms with Crippen molar-refractivity contribution in [3.8, 4) is 0 Å². The molecule has 0 aliphatic carbocycles. The van der Waals surface area contributed by atoms with E-state index in [4.69, 9.17) is 17.0 Å². The Balaban J connectivity index is 1.49. The van der Waals surface area contributed by atoms with Gasteiger partial charge in [0.15, 0.2) is 5.11 Å². The van der Waals surface area contributed by atoms with Crippen molar-refractivity contribution in [3.63, 3.8) is 0 Å². The van der Waals surface area contributed by atoms with Crippen LogP contribution in [0.2, 0.25) is 0 Å². The molecule has 1 aromatic rings. The second-order valence-corrected chi connectivity index (χ2v) is 6.14. The lowest BCUT2D eigenvalue weighted by Gasteiger charge is -2.37. The molecule has 2 aliphatic heterocycles. The molecule has 0 radical (unpaired) electrons. The zero-order chi connectivity index (χ0) is 16.2. The summed E-state index contributed by atoms with van der Waals surface area (Å²) in [6.45, 7) is 3.34. The minimum atomic E-state index is -0.275. The van der Waals surface area contributed by atoms with E-state index in [1.54, 1.807) is 12.1 Å². The number of carbonyl (C=O) groups excluding carboxylic acids is 1. The molecule has 0 bridgehead atoms. The average molecular weight is 337 g/mol. The summed E-state index contributed by atoms with van der Waals surface area (Å²) in [5.74, 6) is -0.178. The van der Waals surface area contributed by atoms with Gasteiger partial charge in [-0.1, -0.05) is 0 Å². The summed E-state index contributed by atoms with van der Waals surface area (Å²) >= 11 is 5.39. The number of hydrogen-bond donors (Lipinski definition) is 1. The van der Waals surface area contributed by atoms with Gasteiger partial charge in [0.1, 0.15) is 11.9 Å². The molecule has 0 unspecified atom stereocenters. The van der Waals surface area contributed by atoms with E-state index in [1.807, 2.05) is 9.80 Å². The Labute approximate surface area is 140 Å². The molecule has 2 heterocycles. The number of anilines is 1. The Hall–Kier alpha value is -1.73. The molecule has 1 N–H and O–H groups in total. The normalized spacial score (nSPS) is 21.3. The number of carbonyl (C=O) groups is 1. The smallest absolute Gasteiger partial charge is 0.251 e. The van der Waals surface area contributed by atoms with Crippen LogP contribution in [-0.4, -0.2) is 59.7 Å². The molecule has 0 saturated carbocycles. The van der Waals surface area contributed by atoms with Crippen LogP contribution in [0.5, 0.6) is 0 Å². The monoisotopic (exact) mass is 337 g/mol. The molecule has 7 heteroatoms. The minimum Gasteiger partial charge on any atom is -0.368 e. The van der Waals surface area contributed by atoms with Crippen molar-refractivity contribution in [1.29, 1.82) is 0 Å². The van der Waals surface area contributed by atoms with Gasteiger partial charge in [0.05, 0.1) is 0 Å². The third kappa shape index (κ3) is 3.97. The summed E-state index contributed by atoms with van der Waals surface area (Å²) in [7, 11) is 0. The van der Waals surface area contributed by atoms with Crippen molar-refractivity contribution in [1.82, 2.24) is 9.80 Å². The second-order valence-electron chi connectivity index (χ2n) is 5.75. The van der Waals surface area contributed by atoms with Crippen LogP contribution in [0.15, 0.2) is 24.3 Å². The number of nitrogens with one attached hydrogen (secondary N) is 1. The van der Waals surface area contributed by atoms with E-state index in [-0.39, 0.29) is 17.8 Å². The van der Waals surface area contributed by atoms with Crippen LogP contribution in [0.3, 0.4) is 0 Å². The van der Waals surface area contributed by atoms with Crippen LogP contribution in [0.25, 0.3) is 0 Å². The number of nitrogens with zero attached hydrogens (tertiary/aromatic N) is 2. The Morgan fingerprint density at radius 3 is 2.43 bits per heavy atom. The summed E-state index contributed by atoms with van der Waals surface area (Å²) in [6, 6.07) is 6.09. The van der Waals surface area contributed by atoms with Crippen LogP contribution in [0.4, 0.5) is 10.1 Å². The molecule has 0 spiro atoms. The Morgan fingerprint density at radius 2 is 1.83 bits per heavy atom. The Bertz CT molecular complexity index is 567. The molecule has 23 heavy (non-hydrogen) atoms. The van der Waals surface area contributed by atoms with E-state index >= 15 is 0 Å². The first-order valence-electron chi connectivity index (χ1n) is 7.85. The van der Waals surface area contributed by atoms with Crippen molar-refractivity contribution < 1.29 is 13.9 Å². The van der Waals surface area contributed by atoms with E-state index in [0.717, 1.165) is 18.5 Å². The van der Waals surface area contributed by atoms with Crippen LogP contribution >= 0.6 is 12.2 Å². The largest absolute Gasteiger partial charge is 0.368 e. The number of hydrogen-bond acceptors (Lipinski definition) is 3. The molecule has 1 atom stereocenters. The number of amides is 1. The van der Waals surface area contributed by atoms with E-state index in [9.17, 15) is 9.18 Å². The average Bonchev–Trinajstić information content (AvgIpc) is 3.11. The highest BCUT2D eigenvalue weighted by Gasteiger charge is 2.30. The topological polar surface area (TPSA) is 44.8 Å². The van der Waals surface area contributed by atoms with Gasteiger partial charge in [0.25, 0.3) is 5.91 Å². The Morgan fingerprint density at radius 1 is 1.17 bits per heavy atom. The molecule has 124 valence electrons. The third-order valence-electron chi connectivity index (χ3n) is 4.18. The SMILES string of the molecule is O=C([C@H]1CCCO1)N1CCN(C(=S)Nc2ccc(F)cc2)CC1. The molecule has 2 saturated heterocycles. The van der Waals surface area contributed by atoms with Crippen LogP contribution in [-0.2, 0) is 9.53 Å². The molecular weight excluding hydrogens is 317 g/mol. The van der Waals surface area contributed by atoms with Gasteiger partial charge in [0, 0.05) is 38.5 Å². The van der Waals surface area contributed by atoms with Crippen molar-refractivity contribution >= 4 is 28.9 Å². The summed E-state index contributed by atoms with van der Waals surface area (Å²) in [5, 5.41) is 3.70. The van der Waals surface area contributed by atoms with Crippen LogP contribution in [0, 0.1) is 5.82 Å². The highest BCUT2D eigenvalue weighted by molar-refractivity contribution is 7.80. The molecule has 5 nitrogen and oxygen atoms in total. The molecule has 1 aromatic carbocycles. The lowest BCUT2D eigenvalue weighted by Crippen LogP contribution is -2.53. The standard InChI is InChI=1S/C16H20FN3O2S/c17-12-3-5-13(6-4-12)18-16(23)20-9-7-19(8-10-20)15(21)14-2-1-11-22-14/h3-6,14H,1-2,7-11H2,(H,18,23)/t14-/m1/s1. The number of benzene rings is 1. The second kappa shape index (κ2) is 7.23. The van der Waals surface area contributed by atoms with Gasteiger partial charge < -0.3 is 19.9 Å². The molecule has 0 aromatic heterocycles. The van der Waals surface area contributed by atoms with Crippen molar-refractivity contribution in [2.75, 3.05) is 38.1 Å². The highest BCUT2D eigenvalue weighted by atomic mass is 32.1. The van der Waals surface area contributed by atoms with Gasteiger partial charge in [-0.05, 0) is 49.3 Å². The van der Waals surface area contributed by atoms with Crippen molar-refractivity contribution in [3.05, 3.63) is 30.1 Å². The van der Waals surface area contributed by atoms with Gasteiger partial charge in [-0.3, -0.25) is 4.79 Å². The summed E-state index contributed by atoms with van der Waals surface area (Å²) in [4.78, 5) is 16.2. The Kier molecular flexibility index (Phi) is 5.07. The summed E-state index contributed by atoms with van der Waals surface area (Å²) in [5.41, 5.74) is 0.759. The number of thiocarbonyl (C=S) groups is 1. The molecule has 1 amide bonds. The van der Waals surface area contributed by atoms with Gasteiger partial charge in [0.2, 0.25) is 0 Å². The number of piperazine rings is 1. The zero-order valence-electron chi connectivity index (χ0n) is 12.8. The van der Waals surface area contributed by atoms with Crippen LogP contribution < -0.4 is 5.32 Å². The highest BCUT2D eigenvalue weighted by Crippen LogP contribution is 2.16. The van der Waals surface area contributed by atoms with Crippen molar-refractivity contribution in [2.45, 2.75) is 18.9 Å².